The molecule has 6 nitrogen and oxygen atoms in total. The summed E-state index contributed by atoms with van der Waals surface area (Å²) in [4.78, 5) is 9.09. The van der Waals surface area contributed by atoms with Crippen LogP contribution in [0.3, 0.4) is 0 Å². The molecule has 8 heteroatoms. The van der Waals surface area contributed by atoms with Gasteiger partial charge in [0, 0.05) is 24.8 Å². The standard InChI is InChI=1S/C18H16N4O2S2/c23-26(24,16-9-5-13-25-16)20-11-12-22-17(14-6-2-1-3-7-14)21-15-8-4-10-19-18(15)22/h1-10,13,20H,11-12H2. The van der Waals surface area contributed by atoms with Crippen molar-refractivity contribution in [3.63, 3.8) is 0 Å². The highest BCUT2D eigenvalue weighted by molar-refractivity contribution is 7.91. The second-order valence-corrected chi connectivity index (χ2v) is 8.57. The molecule has 0 bridgehead atoms. The summed E-state index contributed by atoms with van der Waals surface area (Å²) in [5.41, 5.74) is 2.49. The second kappa shape index (κ2) is 6.99. The van der Waals surface area contributed by atoms with Gasteiger partial charge in [-0.05, 0) is 23.6 Å². The Kier molecular flexibility index (Phi) is 4.54. The molecule has 0 aliphatic rings. The molecule has 0 fully saturated rings. The minimum Gasteiger partial charge on any atom is -0.307 e. The van der Waals surface area contributed by atoms with E-state index in [1.807, 2.05) is 47.0 Å². The van der Waals surface area contributed by atoms with Crippen LogP contribution in [-0.4, -0.2) is 29.5 Å². The molecule has 4 rings (SSSR count). The van der Waals surface area contributed by atoms with E-state index in [0.717, 1.165) is 22.6 Å². The summed E-state index contributed by atoms with van der Waals surface area (Å²) in [6, 6.07) is 16.9. The van der Waals surface area contributed by atoms with Crippen molar-refractivity contribution in [1.82, 2.24) is 19.3 Å². The zero-order valence-corrected chi connectivity index (χ0v) is 15.4. The number of benzene rings is 1. The first kappa shape index (κ1) is 16.9. The summed E-state index contributed by atoms with van der Waals surface area (Å²) in [6.07, 6.45) is 1.71. The molecule has 3 heterocycles. The predicted molar refractivity (Wildman–Crippen MR) is 102 cm³/mol. The van der Waals surface area contributed by atoms with E-state index in [0.29, 0.717) is 10.8 Å². The first-order valence-electron chi connectivity index (χ1n) is 8.05. The van der Waals surface area contributed by atoms with Crippen LogP contribution in [0.2, 0.25) is 0 Å². The zero-order chi connectivity index (χ0) is 18.0. The number of hydrogen-bond donors (Lipinski definition) is 1. The average Bonchev–Trinajstić information content (AvgIpc) is 3.31. The topological polar surface area (TPSA) is 76.9 Å². The van der Waals surface area contributed by atoms with E-state index in [1.165, 1.54) is 11.3 Å². The van der Waals surface area contributed by atoms with Crippen molar-refractivity contribution in [1.29, 1.82) is 0 Å². The molecule has 0 aliphatic carbocycles. The van der Waals surface area contributed by atoms with E-state index in [1.54, 1.807) is 23.7 Å². The minimum absolute atomic E-state index is 0.252. The molecule has 3 aromatic heterocycles. The molecule has 26 heavy (non-hydrogen) atoms. The van der Waals surface area contributed by atoms with Gasteiger partial charge in [-0.1, -0.05) is 36.4 Å². The summed E-state index contributed by atoms with van der Waals surface area (Å²) < 4.78 is 29.5. The zero-order valence-electron chi connectivity index (χ0n) is 13.7. The van der Waals surface area contributed by atoms with Gasteiger partial charge in [-0.3, -0.25) is 0 Å². The van der Waals surface area contributed by atoms with E-state index in [2.05, 4.69) is 14.7 Å². The maximum absolute atomic E-state index is 12.3. The number of nitrogens with one attached hydrogen (secondary N) is 1. The van der Waals surface area contributed by atoms with Crippen molar-refractivity contribution >= 4 is 32.5 Å². The first-order chi connectivity index (χ1) is 12.6. The van der Waals surface area contributed by atoms with Crippen molar-refractivity contribution in [2.75, 3.05) is 6.54 Å². The fraction of sp³-hybridized carbons (Fsp3) is 0.111. The quantitative estimate of drug-likeness (QED) is 0.554. The van der Waals surface area contributed by atoms with Gasteiger partial charge in [0.15, 0.2) is 5.65 Å². The van der Waals surface area contributed by atoms with Gasteiger partial charge in [0.05, 0.1) is 0 Å². The number of thiophene rings is 1. The van der Waals surface area contributed by atoms with Gasteiger partial charge in [-0.25, -0.2) is 23.1 Å². The second-order valence-electron chi connectivity index (χ2n) is 5.63. The summed E-state index contributed by atoms with van der Waals surface area (Å²) in [6.45, 7) is 0.685. The van der Waals surface area contributed by atoms with Crippen LogP contribution in [0.5, 0.6) is 0 Å². The van der Waals surface area contributed by atoms with Gasteiger partial charge in [0.25, 0.3) is 0 Å². The summed E-state index contributed by atoms with van der Waals surface area (Å²) in [7, 11) is -3.49. The lowest BCUT2D eigenvalue weighted by molar-refractivity contribution is 0.576. The number of sulfonamides is 1. The maximum atomic E-state index is 12.3. The minimum atomic E-state index is -3.49. The lowest BCUT2D eigenvalue weighted by Gasteiger charge is -2.10. The average molecular weight is 384 g/mol. The highest BCUT2D eigenvalue weighted by atomic mass is 32.2. The van der Waals surface area contributed by atoms with Crippen LogP contribution in [0.1, 0.15) is 0 Å². The van der Waals surface area contributed by atoms with Crippen LogP contribution in [0.4, 0.5) is 0 Å². The largest absolute Gasteiger partial charge is 0.307 e. The van der Waals surface area contributed by atoms with Gasteiger partial charge >= 0.3 is 0 Å². The van der Waals surface area contributed by atoms with Crippen molar-refractivity contribution in [2.45, 2.75) is 10.8 Å². The van der Waals surface area contributed by atoms with Crippen molar-refractivity contribution in [3.05, 3.63) is 66.2 Å². The fourth-order valence-electron chi connectivity index (χ4n) is 2.76. The van der Waals surface area contributed by atoms with E-state index in [9.17, 15) is 8.42 Å². The predicted octanol–water partition coefficient (Wildman–Crippen LogP) is 3.14. The van der Waals surface area contributed by atoms with E-state index in [4.69, 9.17) is 0 Å². The van der Waals surface area contributed by atoms with E-state index in [-0.39, 0.29) is 6.54 Å². The summed E-state index contributed by atoms with van der Waals surface area (Å²) >= 11 is 1.20. The molecule has 132 valence electrons. The number of rotatable bonds is 6. The Morgan fingerprint density at radius 2 is 1.88 bits per heavy atom. The number of aromatic nitrogens is 3. The monoisotopic (exact) mass is 384 g/mol. The van der Waals surface area contributed by atoms with Gasteiger partial charge < -0.3 is 4.57 Å². The Morgan fingerprint density at radius 1 is 1.04 bits per heavy atom. The molecule has 0 amide bonds. The molecule has 0 unspecified atom stereocenters. The summed E-state index contributed by atoms with van der Waals surface area (Å²) in [5, 5.41) is 1.75. The van der Waals surface area contributed by atoms with Gasteiger partial charge in [-0.15, -0.1) is 11.3 Å². The molecule has 0 atom stereocenters. The van der Waals surface area contributed by atoms with Crippen LogP contribution in [-0.2, 0) is 16.6 Å². The normalized spacial score (nSPS) is 11.8. The van der Waals surface area contributed by atoms with Crippen LogP contribution >= 0.6 is 11.3 Å². The Labute approximate surface area is 155 Å². The number of imidazole rings is 1. The molecule has 0 saturated carbocycles. The lowest BCUT2D eigenvalue weighted by Crippen LogP contribution is -2.27. The fourth-order valence-corrected chi connectivity index (χ4v) is 4.82. The lowest BCUT2D eigenvalue weighted by atomic mass is 10.2. The summed E-state index contributed by atoms with van der Waals surface area (Å²) in [5.74, 6) is 0.773. The molecule has 0 spiro atoms. The van der Waals surface area contributed by atoms with Gasteiger partial charge in [-0.2, -0.15) is 0 Å². The van der Waals surface area contributed by atoms with Crippen molar-refractivity contribution < 1.29 is 8.42 Å². The third-order valence-electron chi connectivity index (χ3n) is 3.92. The van der Waals surface area contributed by atoms with E-state index >= 15 is 0 Å². The highest BCUT2D eigenvalue weighted by Gasteiger charge is 2.16. The van der Waals surface area contributed by atoms with Crippen molar-refractivity contribution in [3.8, 4) is 11.4 Å². The number of pyridine rings is 1. The molecule has 1 N–H and O–H groups in total. The highest BCUT2D eigenvalue weighted by Crippen LogP contribution is 2.23. The van der Waals surface area contributed by atoms with Crippen LogP contribution in [0.15, 0.2) is 70.4 Å². The molecule has 0 aliphatic heterocycles. The Hall–Kier alpha value is -2.55. The molecular weight excluding hydrogens is 368 g/mol. The molecule has 0 radical (unpaired) electrons. The Balaban J connectivity index is 1.64. The maximum Gasteiger partial charge on any atom is 0.250 e. The number of nitrogens with zero attached hydrogens (tertiary/aromatic N) is 3. The Morgan fingerprint density at radius 3 is 2.65 bits per heavy atom. The van der Waals surface area contributed by atoms with Gasteiger partial charge in [0.2, 0.25) is 10.0 Å². The molecule has 0 saturated heterocycles. The molecule has 1 aromatic carbocycles. The third-order valence-corrected chi connectivity index (χ3v) is 6.78. The number of hydrogen-bond acceptors (Lipinski definition) is 5. The van der Waals surface area contributed by atoms with Crippen molar-refractivity contribution in [2.24, 2.45) is 0 Å². The first-order valence-corrected chi connectivity index (χ1v) is 10.4. The third kappa shape index (κ3) is 3.26. The van der Waals surface area contributed by atoms with E-state index < -0.39 is 10.0 Å². The SMILES string of the molecule is O=S(=O)(NCCn1c(-c2ccccc2)nc2cccnc21)c1cccs1. The molecular formula is C18H16N4O2S2. The Bertz CT molecular complexity index is 1120. The number of fused-ring (bicyclic) bond motifs is 1. The van der Waals surface area contributed by atoms with Gasteiger partial charge in [0.1, 0.15) is 15.6 Å². The van der Waals surface area contributed by atoms with Crippen LogP contribution in [0, 0.1) is 0 Å². The smallest absolute Gasteiger partial charge is 0.250 e. The van der Waals surface area contributed by atoms with Crippen LogP contribution in [0.25, 0.3) is 22.6 Å². The van der Waals surface area contributed by atoms with Crippen LogP contribution < -0.4 is 4.72 Å². The molecule has 4 aromatic rings.